The van der Waals surface area contributed by atoms with Crippen LogP contribution in [0.5, 0.6) is 0 Å². The predicted octanol–water partition coefficient (Wildman–Crippen LogP) is 1.44. The lowest BCUT2D eigenvalue weighted by molar-refractivity contribution is 0.386. The average molecular weight is 262 g/mol. The highest BCUT2D eigenvalue weighted by Gasteiger charge is 2.23. The van der Waals surface area contributed by atoms with Gasteiger partial charge in [0.1, 0.15) is 0 Å². The molecule has 5 heteroatoms. The van der Waals surface area contributed by atoms with E-state index in [0.717, 1.165) is 13.1 Å². The fourth-order valence-corrected chi connectivity index (χ4v) is 3.64. The van der Waals surface area contributed by atoms with Gasteiger partial charge in [0.2, 0.25) is 10.0 Å². The maximum atomic E-state index is 12.0. The highest BCUT2D eigenvalue weighted by atomic mass is 32.2. The number of nitrogens with zero attached hydrogens (tertiary/aromatic N) is 1. The number of rotatable bonds is 8. The van der Waals surface area contributed by atoms with Crippen LogP contribution in [-0.2, 0) is 10.0 Å². The highest BCUT2D eigenvalue weighted by molar-refractivity contribution is 7.89. The minimum Gasteiger partial charge on any atom is -0.317 e. The van der Waals surface area contributed by atoms with Gasteiger partial charge in [-0.3, -0.25) is 0 Å². The van der Waals surface area contributed by atoms with Crippen molar-refractivity contribution in [1.82, 2.24) is 9.62 Å². The van der Waals surface area contributed by atoms with Gasteiger partial charge in [-0.25, -0.2) is 12.7 Å². The Morgan fingerprint density at radius 3 is 2.53 bits per heavy atom. The Morgan fingerprint density at radius 1 is 1.29 bits per heavy atom. The fraction of sp³-hybridized carbons (Fsp3) is 1.00. The Balaban J connectivity index is 2.29. The molecule has 102 valence electrons. The second-order valence-corrected chi connectivity index (χ2v) is 7.15. The van der Waals surface area contributed by atoms with E-state index < -0.39 is 10.0 Å². The zero-order valence-corrected chi connectivity index (χ0v) is 11.9. The van der Waals surface area contributed by atoms with Gasteiger partial charge in [0.25, 0.3) is 0 Å². The maximum absolute atomic E-state index is 12.0. The number of nitrogens with one attached hydrogen (secondary N) is 1. The topological polar surface area (TPSA) is 49.4 Å². The lowest BCUT2D eigenvalue weighted by Crippen LogP contribution is -2.34. The fourth-order valence-electron chi connectivity index (χ4n) is 2.38. The molecule has 0 spiro atoms. The molecule has 1 aliphatic rings. The Kier molecular flexibility index (Phi) is 6.44. The van der Waals surface area contributed by atoms with E-state index in [1.54, 1.807) is 11.4 Å². The molecule has 1 rings (SSSR count). The Labute approximate surface area is 106 Å². The van der Waals surface area contributed by atoms with Gasteiger partial charge in [-0.2, -0.15) is 0 Å². The van der Waals surface area contributed by atoms with Gasteiger partial charge in [0.15, 0.2) is 0 Å². The van der Waals surface area contributed by atoms with Gasteiger partial charge >= 0.3 is 0 Å². The largest absolute Gasteiger partial charge is 0.317 e. The molecular formula is C12H26N2O2S. The lowest BCUT2D eigenvalue weighted by Gasteiger charge is -2.20. The van der Waals surface area contributed by atoms with Crippen molar-refractivity contribution in [2.45, 2.75) is 39.0 Å². The molecule has 0 bridgehead atoms. The van der Waals surface area contributed by atoms with Gasteiger partial charge in [-0.05, 0) is 38.3 Å². The van der Waals surface area contributed by atoms with E-state index in [1.165, 1.54) is 25.7 Å². The van der Waals surface area contributed by atoms with Crippen molar-refractivity contribution < 1.29 is 8.42 Å². The third-order valence-electron chi connectivity index (χ3n) is 3.47. The standard InChI is InChI=1S/C12H26N2O2S/c1-3-13-9-6-10-17(15,16)14(2)11-12-7-4-5-8-12/h12-13H,3-11H2,1-2H3. The third-order valence-corrected chi connectivity index (χ3v) is 5.37. The van der Waals surface area contributed by atoms with Crippen LogP contribution in [0.2, 0.25) is 0 Å². The Morgan fingerprint density at radius 2 is 1.94 bits per heavy atom. The van der Waals surface area contributed by atoms with Crippen LogP contribution >= 0.6 is 0 Å². The number of hydrogen-bond donors (Lipinski definition) is 1. The van der Waals surface area contributed by atoms with Gasteiger partial charge in [-0.15, -0.1) is 0 Å². The number of sulfonamides is 1. The summed E-state index contributed by atoms with van der Waals surface area (Å²) in [5.74, 6) is 0.854. The van der Waals surface area contributed by atoms with E-state index in [4.69, 9.17) is 0 Å². The molecule has 0 unspecified atom stereocenters. The maximum Gasteiger partial charge on any atom is 0.213 e. The zero-order chi connectivity index (χ0) is 12.7. The van der Waals surface area contributed by atoms with Crippen LogP contribution in [0.15, 0.2) is 0 Å². The first kappa shape index (κ1) is 14.9. The predicted molar refractivity (Wildman–Crippen MR) is 71.5 cm³/mol. The normalized spacial score (nSPS) is 18.1. The molecule has 1 fully saturated rings. The molecule has 0 amide bonds. The van der Waals surface area contributed by atoms with E-state index in [0.29, 0.717) is 18.9 Å². The highest BCUT2D eigenvalue weighted by Crippen LogP contribution is 2.25. The molecule has 17 heavy (non-hydrogen) atoms. The van der Waals surface area contributed by atoms with Crippen LogP contribution in [0.4, 0.5) is 0 Å². The van der Waals surface area contributed by atoms with Crippen LogP contribution in [-0.4, -0.2) is 45.2 Å². The van der Waals surface area contributed by atoms with Crippen molar-refractivity contribution in [1.29, 1.82) is 0 Å². The van der Waals surface area contributed by atoms with Crippen molar-refractivity contribution in [3.63, 3.8) is 0 Å². The minimum absolute atomic E-state index is 0.267. The summed E-state index contributed by atoms with van der Waals surface area (Å²) in [6, 6.07) is 0. The molecule has 0 aromatic heterocycles. The molecule has 1 saturated carbocycles. The van der Waals surface area contributed by atoms with Crippen molar-refractivity contribution in [2.24, 2.45) is 5.92 Å². The van der Waals surface area contributed by atoms with Crippen molar-refractivity contribution in [3.8, 4) is 0 Å². The summed E-state index contributed by atoms with van der Waals surface area (Å²) >= 11 is 0. The van der Waals surface area contributed by atoms with Gasteiger partial charge in [-0.1, -0.05) is 19.8 Å². The summed E-state index contributed by atoms with van der Waals surface area (Å²) in [5, 5.41) is 3.15. The minimum atomic E-state index is -3.03. The lowest BCUT2D eigenvalue weighted by atomic mass is 10.1. The smallest absolute Gasteiger partial charge is 0.213 e. The summed E-state index contributed by atoms with van der Waals surface area (Å²) < 4.78 is 25.5. The van der Waals surface area contributed by atoms with Crippen LogP contribution in [0.1, 0.15) is 39.0 Å². The van der Waals surface area contributed by atoms with E-state index in [-0.39, 0.29) is 5.75 Å². The van der Waals surface area contributed by atoms with Crippen LogP contribution in [0, 0.1) is 5.92 Å². The summed E-state index contributed by atoms with van der Waals surface area (Å²) in [6.07, 6.45) is 5.61. The van der Waals surface area contributed by atoms with Gasteiger partial charge in [0.05, 0.1) is 5.75 Å². The molecule has 4 nitrogen and oxygen atoms in total. The summed E-state index contributed by atoms with van der Waals surface area (Å²) in [6.45, 7) is 4.43. The average Bonchev–Trinajstić information content (AvgIpc) is 2.77. The van der Waals surface area contributed by atoms with Crippen LogP contribution < -0.4 is 5.32 Å². The second kappa shape index (κ2) is 7.34. The Bertz CT molecular complexity index is 298. The van der Waals surface area contributed by atoms with Crippen LogP contribution in [0.25, 0.3) is 0 Å². The third kappa shape index (κ3) is 5.36. The molecule has 0 aromatic carbocycles. The van der Waals surface area contributed by atoms with Crippen molar-refractivity contribution >= 4 is 10.0 Å². The summed E-state index contributed by atoms with van der Waals surface area (Å²) in [4.78, 5) is 0. The SMILES string of the molecule is CCNCCCS(=O)(=O)N(C)CC1CCCC1. The van der Waals surface area contributed by atoms with Gasteiger partial charge < -0.3 is 5.32 Å². The monoisotopic (exact) mass is 262 g/mol. The van der Waals surface area contributed by atoms with E-state index >= 15 is 0 Å². The second-order valence-electron chi connectivity index (χ2n) is 4.95. The summed E-state index contributed by atoms with van der Waals surface area (Å²) in [5.41, 5.74) is 0. The van der Waals surface area contributed by atoms with E-state index in [1.807, 2.05) is 6.92 Å². The number of hydrogen-bond acceptors (Lipinski definition) is 3. The molecule has 0 radical (unpaired) electrons. The summed E-state index contributed by atoms with van der Waals surface area (Å²) in [7, 11) is -1.31. The molecule has 0 aliphatic heterocycles. The van der Waals surface area contributed by atoms with Crippen molar-refractivity contribution in [3.05, 3.63) is 0 Å². The van der Waals surface area contributed by atoms with Crippen LogP contribution in [0.3, 0.4) is 0 Å². The molecule has 1 N–H and O–H groups in total. The van der Waals surface area contributed by atoms with Gasteiger partial charge in [0, 0.05) is 13.6 Å². The molecule has 1 aliphatic carbocycles. The first-order valence-electron chi connectivity index (χ1n) is 6.71. The zero-order valence-electron chi connectivity index (χ0n) is 11.1. The molecule has 0 aromatic rings. The Hall–Kier alpha value is -0.130. The van der Waals surface area contributed by atoms with E-state index in [2.05, 4.69) is 5.32 Å². The molecular weight excluding hydrogens is 236 g/mol. The molecule has 0 atom stereocenters. The molecule has 0 heterocycles. The first-order valence-corrected chi connectivity index (χ1v) is 8.32. The molecule has 0 saturated heterocycles. The first-order chi connectivity index (χ1) is 8.06. The van der Waals surface area contributed by atoms with Crippen molar-refractivity contribution in [2.75, 3.05) is 32.4 Å². The quantitative estimate of drug-likeness (QED) is 0.673. The van der Waals surface area contributed by atoms with E-state index in [9.17, 15) is 8.42 Å².